The fraction of sp³-hybridized carbons (Fsp3) is 0.111. The summed E-state index contributed by atoms with van der Waals surface area (Å²) >= 11 is 0. The largest absolute Gasteiger partial charge is 0.486 e. The van der Waals surface area contributed by atoms with Crippen LogP contribution in [0.2, 0.25) is 0 Å². The van der Waals surface area contributed by atoms with Gasteiger partial charge in [0.05, 0.1) is 11.3 Å². The Bertz CT molecular complexity index is 1410. The summed E-state index contributed by atoms with van der Waals surface area (Å²) in [6.07, 6.45) is 0.0458. The number of halogens is 3. The van der Waals surface area contributed by atoms with Crippen LogP contribution in [0.4, 0.5) is 13.2 Å². The Hall–Kier alpha value is -4.33. The van der Waals surface area contributed by atoms with Crippen LogP contribution in [0.5, 0.6) is 11.5 Å². The Morgan fingerprint density at radius 1 is 0.914 bits per heavy atom. The van der Waals surface area contributed by atoms with Gasteiger partial charge in [-0.05, 0) is 54.6 Å². The molecule has 1 aliphatic heterocycles. The zero-order chi connectivity index (χ0) is 24.4. The van der Waals surface area contributed by atoms with E-state index in [1.165, 1.54) is 18.2 Å². The summed E-state index contributed by atoms with van der Waals surface area (Å²) < 4.78 is 52.1. The molecule has 0 spiro atoms. The van der Waals surface area contributed by atoms with Gasteiger partial charge >= 0.3 is 6.18 Å². The molecule has 0 unspecified atom stereocenters. The Morgan fingerprint density at radius 2 is 1.69 bits per heavy atom. The molecule has 5 nitrogen and oxygen atoms in total. The molecule has 0 amide bonds. The normalized spacial score (nSPS) is 13.2. The van der Waals surface area contributed by atoms with E-state index in [1.54, 1.807) is 23.0 Å². The number of carbonyl (C=O) groups is 1. The monoisotopic (exact) mass is 476 g/mol. The summed E-state index contributed by atoms with van der Waals surface area (Å²) in [7, 11) is 0. The smallest absolute Gasteiger partial charge is 0.416 e. The second-order valence-corrected chi connectivity index (χ2v) is 7.85. The van der Waals surface area contributed by atoms with Crippen molar-refractivity contribution in [3.8, 4) is 28.4 Å². The van der Waals surface area contributed by atoms with Crippen LogP contribution in [0, 0.1) is 0 Å². The molecule has 0 saturated carbocycles. The Morgan fingerprint density at radius 3 is 2.46 bits per heavy atom. The lowest BCUT2D eigenvalue weighted by Gasteiger charge is -2.18. The van der Waals surface area contributed by atoms with Gasteiger partial charge in [0.25, 0.3) is 0 Å². The lowest BCUT2D eigenvalue weighted by molar-refractivity contribution is -0.137. The number of nitrogens with zero attached hydrogens (tertiary/aromatic N) is 2. The van der Waals surface area contributed by atoms with Crippen molar-refractivity contribution < 1.29 is 27.4 Å². The van der Waals surface area contributed by atoms with Gasteiger partial charge in [-0.1, -0.05) is 30.3 Å². The van der Waals surface area contributed by atoms with Crippen LogP contribution in [0.25, 0.3) is 23.0 Å². The van der Waals surface area contributed by atoms with Crippen molar-refractivity contribution in [1.82, 2.24) is 9.78 Å². The Kier molecular flexibility index (Phi) is 5.86. The van der Waals surface area contributed by atoms with E-state index in [0.717, 1.165) is 23.4 Å². The SMILES string of the molecule is O=C(C=Cc1cn(-c2ccccc2)nc1-c1ccc2c(c1)OCCO2)c1cccc(C(F)(F)F)c1. The summed E-state index contributed by atoms with van der Waals surface area (Å²) in [6.45, 7) is 0.910. The molecule has 4 aromatic rings. The van der Waals surface area contributed by atoms with Crippen LogP contribution in [0.1, 0.15) is 21.5 Å². The van der Waals surface area contributed by atoms with E-state index >= 15 is 0 Å². The molecule has 0 fully saturated rings. The van der Waals surface area contributed by atoms with Crippen LogP contribution < -0.4 is 9.47 Å². The minimum Gasteiger partial charge on any atom is -0.486 e. The number of alkyl halides is 3. The third-order valence-electron chi connectivity index (χ3n) is 5.47. The van der Waals surface area contributed by atoms with Gasteiger partial charge < -0.3 is 9.47 Å². The van der Waals surface area contributed by atoms with Crippen LogP contribution in [-0.2, 0) is 6.18 Å². The number of hydrogen-bond donors (Lipinski definition) is 0. The highest BCUT2D eigenvalue weighted by Gasteiger charge is 2.30. The summed E-state index contributed by atoms with van der Waals surface area (Å²) in [5.41, 5.74) is 1.84. The molecule has 8 heteroatoms. The third kappa shape index (κ3) is 4.82. The molecule has 0 aliphatic carbocycles. The first kappa shape index (κ1) is 22.5. The molecule has 2 heterocycles. The van der Waals surface area contributed by atoms with Crippen molar-refractivity contribution in [2.75, 3.05) is 13.2 Å². The molecule has 35 heavy (non-hydrogen) atoms. The number of benzene rings is 3. The van der Waals surface area contributed by atoms with E-state index < -0.39 is 17.5 Å². The number of allylic oxidation sites excluding steroid dienone is 1. The van der Waals surface area contributed by atoms with Gasteiger partial charge in [-0.3, -0.25) is 4.79 Å². The zero-order valence-electron chi connectivity index (χ0n) is 18.3. The van der Waals surface area contributed by atoms with Gasteiger partial charge in [0.15, 0.2) is 17.3 Å². The molecule has 0 saturated heterocycles. The van der Waals surface area contributed by atoms with Gasteiger partial charge in [0.2, 0.25) is 0 Å². The zero-order valence-corrected chi connectivity index (χ0v) is 18.3. The predicted octanol–water partition coefficient (Wildman–Crippen LogP) is 6.23. The standard InChI is InChI=1S/C27H19F3N2O3/c28-27(29,30)21-6-4-5-18(15-21)23(33)11-9-20-17-32(22-7-2-1-3-8-22)31-26(20)19-10-12-24-25(16-19)35-14-13-34-24/h1-12,15-17H,13-14H2. The second kappa shape index (κ2) is 9.13. The molecule has 0 bridgehead atoms. The minimum absolute atomic E-state index is 0.0487. The van der Waals surface area contributed by atoms with Gasteiger partial charge in [0, 0.05) is 22.9 Å². The highest BCUT2D eigenvalue weighted by atomic mass is 19.4. The fourth-order valence-corrected chi connectivity index (χ4v) is 3.75. The number of ether oxygens (including phenoxy) is 2. The van der Waals surface area contributed by atoms with Crippen LogP contribution >= 0.6 is 0 Å². The number of ketones is 1. The van der Waals surface area contributed by atoms with E-state index in [0.29, 0.717) is 36.0 Å². The lowest BCUT2D eigenvalue weighted by Crippen LogP contribution is -2.15. The highest BCUT2D eigenvalue weighted by molar-refractivity contribution is 6.07. The van der Waals surface area contributed by atoms with Crippen LogP contribution in [-0.4, -0.2) is 28.8 Å². The molecular formula is C27H19F3N2O3. The first-order valence-electron chi connectivity index (χ1n) is 10.8. The Balaban J connectivity index is 1.52. The van der Waals surface area contributed by atoms with Gasteiger partial charge in [-0.2, -0.15) is 18.3 Å². The first-order chi connectivity index (χ1) is 16.9. The van der Waals surface area contributed by atoms with E-state index in [4.69, 9.17) is 14.6 Å². The van der Waals surface area contributed by atoms with E-state index in [2.05, 4.69) is 0 Å². The molecule has 1 aromatic heterocycles. The molecule has 0 radical (unpaired) electrons. The maximum absolute atomic E-state index is 13.0. The van der Waals surface area contributed by atoms with Crippen LogP contribution in [0.3, 0.4) is 0 Å². The maximum atomic E-state index is 13.0. The molecule has 176 valence electrons. The summed E-state index contributed by atoms with van der Waals surface area (Å²) in [5, 5.41) is 4.71. The fourth-order valence-electron chi connectivity index (χ4n) is 3.75. The number of rotatable bonds is 5. The molecule has 0 atom stereocenters. The van der Waals surface area contributed by atoms with Crippen molar-refractivity contribution in [3.63, 3.8) is 0 Å². The highest BCUT2D eigenvalue weighted by Crippen LogP contribution is 2.36. The molecule has 3 aromatic carbocycles. The van der Waals surface area contributed by atoms with Crippen molar-refractivity contribution in [3.05, 3.63) is 102 Å². The molecule has 1 aliphatic rings. The third-order valence-corrected chi connectivity index (χ3v) is 5.47. The summed E-state index contributed by atoms with van der Waals surface area (Å²) in [6, 6.07) is 19.3. The number of fused-ring (bicyclic) bond motifs is 1. The minimum atomic E-state index is -4.53. The van der Waals surface area contributed by atoms with E-state index in [1.807, 2.05) is 42.5 Å². The topological polar surface area (TPSA) is 53.4 Å². The van der Waals surface area contributed by atoms with Crippen molar-refractivity contribution in [1.29, 1.82) is 0 Å². The lowest BCUT2D eigenvalue weighted by atomic mass is 10.0. The molecule has 0 N–H and O–H groups in total. The van der Waals surface area contributed by atoms with E-state index in [-0.39, 0.29) is 5.56 Å². The number of hydrogen-bond acceptors (Lipinski definition) is 4. The van der Waals surface area contributed by atoms with Gasteiger partial charge in [-0.15, -0.1) is 0 Å². The number of aromatic nitrogens is 2. The van der Waals surface area contributed by atoms with Crippen molar-refractivity contribution >= 4 is 11.9 Å². The average molecular weight is 476 g/mol. The predicted molar refractivity (Wildman–Crippen MR) is 125 cm³/mol. The molecular weight excluding hydrogens is 457 g/mol. The maximum Gasteiger partial charge on any atom is 0.416 e. The number of para-hydroxylation sites is 1. The van der Waals surface area contributed by atoms with Crippen LogP contribution in [0.15, 0.2) is 85.1 Å². The van der Waals surface area contributed by atoms with E-state index in [9.17, 15) is 18.0 Å². The molecule has 5 rings (SSSR count). The van der Waals surface area contributed by atoms with Gasteiger partial charge in [0.1, 0.15) is 18.9 Å². The van der Waals surface area contributed by atoms with Gasteiger partial charge in [-0.25, -0.2) is 4.68 Å². The summed E-state index contributed by atoms with van der Waals surface area (Å²) in [5.74, 6) is 0.689. The number of carbonyl (C=O) groups excluding carboxylic acids is 1. The second-order valence-electron chi connectivity index (χ2n) is 7.85. The Labute approximate surface area is 199 Å². The van der Waals surface area contributed by atoms with Crippen molar-refractivity contribution in [2.24, 2.45) is 0 Å². The first-order valence-corrected chi connectivity index (χ1v) is 10.8. The average Bonchev–Trinajstić information content (AvgIpc) is 3.31. The summed E-state index contributed by atoms with van der Waals surface area (Å²) in [4.78, 5) is 12.7. The van der Waals surface area contributed by atoms with Crippen molar-refractivity contribution in [2.45, 2.75) is 6.18 Å². The quantitative estimate of drug-likeness (QED) is 0.253.